The molecule has 0 bridgehead atoms. The molecule has 1 fully saturated rings. The molecule has 22 heavy (non-hydrogen) atoms. The Hall–Kier alpha value is -2.14. The molecule has 1 aromatic heterocycles. The van der Waals surface area contributed by atoms with Gasteiger partial charge in [-0.05, 0) is 45.0 Å². The van der Waals surface area contributed by atoms with Crippen molar-refractivity contribution in [2.24, 2.45) is 5.92 Å². The van der Waals surface area contributed by atoms with Crippen molar-refractivity contribution in [2.45, 2.75) is 13.3 Å². The largest absolute Gasteiger partial charge is 0.431 e. The summed E-state index contributed by atoms with van der Waals surface area (Å²) in [7, 11) is 1.94. The summed E-state index contributed by atoms with van der Waals surface area (Å²) in [6.07, 6.45) is 1.03. The molecule has 2 aromatic rings. The lowest BCUT2D eigenvalue weighted by Gasteiger charge is -2.15. The molecule has 2 heterocycles. The third-order valence-corrected chi connectivity index (χ3v) is 4.08. The summed E-state index contributed by atoms with van der Waals surface area (Å²) in [4.78, 5) is 18.9. The minimum atomic E-state index is -0.0502. The molecule has 116 valence electrons. The van der Waals surface area contributed by atoms with Gasteiger partial charge in [0.15, 0.2) is 0 Å². The fourth-order valence-electron chi connectivity index (χ4n) is 2.92. The maximum absolute atomic E-state index is 12.6. The van der Waals surface area contributed by atoms with Crippen LogP contribution in [-0.4, -0.2) is 42.5 Å². The molecule has 1 unspecified atom stereocenters. The third kappa shape index (κ3) is 2.90. The van der Waals surface area contributed by atoms with E-state index in [4.69, 9.17) is 4.42 Å². The van der Waals surface area contributed by atoms with E-state index in [-0.39, 0.29) is 5.91 Å². The normalized spacial score (nSPS) is 17.9. The van der Waals surface area contributed by atoms with Gasteiger partial charge in [-0.15, -0.1) is 0 Å². The van der Waals surface area contributed by atoms with Crippen molar-refractivity contribution >= 4 is 5.91 Å². The molecule has 5 nitrogen and oxygen atoms in total. The van der Waals surface area contributed by atoms with Crippen LogP contribution in [-0.2, 0) is 0 Å². The van der Waals surface area contributed by atoms with Gasteiger partial charge in [-0.25, -0.2) is 4.98 Å². The Balaban J connectivity index is 1.78. The van der Waals surface area contributed by atoms with Gasteiger partial charge in [-0.1, -0.05) is 18.2 Å². The van der Waals surface area contributed by atoms with Gasteiger partial charge in [-0.2, -0.15) is 0 Å². The lowest BCUT2D eigenvalue weighted by Crippen LogP contribution is -2.30. The summed E-state index contributed by atoms with van der Waals surface area (Å²) in [5.74, 6) is 1.34. The quantitative estimate of drug-likeness (QED) is 0.941. The number of amides is 1. The van der Waals surface area contributed by atoms with Crippen molar-refractivity contribution in [3.63, 3.8) is 0 Å². The maximum atomic E-state index is 12.6. The molecular formula is C17H21N3O2. The second kappa shape index (κ2) is 6.32. The smallest absolute Gasteiger partial charge is 0.291 e. The van der Waals surface area contributed by atoms with E-state index in [1.54, 1.807) is 0 Å². The number of carbonyl (C=O) groups excluding carboxylic acids is 1. The third-order valence-electron chi connectivity index (χ3n) is 4.08. The lowest BCUT2D eigenvalue weighted by atomic mass is 10.1. The van der Waals surface area contributed by atoms with Crippen LogP contribution in [0.15, 0.2) is 34.7 Å². The number of benzene rings is 1. The van der Waals surface area contributed by atoms with Crippen LogP contribution in [0.4, 0.5) is 0 Å². The fraction of sp³-hybridized carbons (Fsp3) is 0.412. The molecule has 1 aliphatic heterocycles. The number of carbonyl (C=O) groups is 1. The second-order valence-corrected chi connectivity index (χ2v) is 5.76. The highest BCUT2D eigenvalue weighted by molar-refractivity contribution is 5.93. The summed E-state index contributed by atoms with van der Waals surface area (Å²) < 4.78 is 5.75. The van der Waals surface area contributed by atoms with Gasteiger partial charge in [-0.3, -0.25) is 4.79 Å². The zero-order valence-electron chi connectivity index (χ0n) is 13.0. The van der Waals surface area contributed by atoms with E-state index in [0.717, 1.165) is 31.6 Å². The van der Waals surface area contributed by atoms with Crippen LogP contribution in [0.3, 0.4) is 0 Å². The Morgan fingerprint density at radius 1 is 1.41 bits per heavy atom. The van der Waals surface area contributed by atoms with Crippen LogP contribution in [0, 0.1) is 12.8 Å². The number of nitrogens with zero attached hydrogens (tertiary/aromatic N) is 2. The van der Waals surface area contributed by atoms with Crippen molar-refractivity contribution in [2.75, 3.05) is 26.7 Å². The van der Waals surface area contributed by atoms with Crippen LogP contribution in [0.2, 0.25) is 0 Å². The SMILES string of the molecule is CNCC1CCN(C(=O)c2oc(-c3ccccc3)nc2C)C1. The van der Waals surface area contributed by atoms with Crippen molar-refractivity contribution < 1.29 is 9.21 Å². The zero-order chi connectivity index (χ0) is 15.5. The van der Waals surface area contributed by atoms with Gasteiger partial charge < -0.3 is 14.6 Å². The number of nitrogens with one attached hydrogen (secondary N) is 1. The van der Waals surface area contributed by atoms with E-state index in [2.05, 4.69) is 10.3 Å². The number of rotatable bonds is 4. The first-order valence-corrected chi connectivity index (χ1v) is 7.65. The predicted molar refractivity (Wildman–Crippen MR) is 84.6 cm³/mol. The molecule has 3 rings (SSSR count). The molecule has 0 aliphatic carbocycles. The van der Waals surface area contributed by atoms with Gasteiger partial charge in [0.05, 0.1) is 5.69 Å². The van der Waals surface area contributed by atoms with Gasteiger partial charge in [0.1, 0.15) is 0 Å². The first-order chi connectivity index (χ1) is 10.7. The van der Waals surface area contributed by atoms with Gasteiger partial charge in [0.25, 0.3) is 5.91 Å². The fourth-order valence-corrected chi connectivity index (χ4v) is 2.92. The second-order valence-electron chi connectivity index (χ2n) is 5.76. The highest BCUT2D eigenvalue weighted by Gasteiger charge is 2.30. The lowest BCUT2D eigenvalue weighted by molar-refractivity contribution is 0.0755. The van der Waals surface area contributed by atoms with Crippen LogP contribution < -0.4 is 5.32 Å². The maximum Gasteiger partial charge on any atom is 0.291 e. The number of hydrogen-bond acceptors (Lipinski definition) is 4. The number of likely N-dealkylation sites (tertiary alicyclic amines) is 1. The van der Waals surface area contributed by atoms with Crippen molar-refractivity contribution in [3.05, 3.63) is 41.8 Å². The van der Waals surface area contributed by atoms with Crippen molar-refractivity contribution in [3.8, 4) is 11.5 Å². The summed E-state index contributed by atoms with van der Waals surface area (Å²) >= 11 is 0. The first kappa shape index (κ1) is 14.8. The molecule has 1 N–H and O–H groups in total. The molecule has 1 amide bonds. The number of hydrogen-bond donors (Lipinski definition) is 1. The number of aromatic nitrogens is 1. The molecular weight excluding hydrogens is 278 g/mol. The Morgan fingerprint density at radius 3 is 2.91 bits per heavy atom. The molecule has 0 saturated carbocycles. The number of oxazole rings is 1. The summed E-state index contributed by atoms with van der Waals surface area (Å²) in [5.41, 5.74) is 1.54. The molecule has 1 saturated heterocycles. The average Bonchev–Trinajstić information content (AvgIpc) is 3.15. The highest BCUT2D eigenvalue weighted by atomic mass is 16.4. The van der Waals surface area contributed by atoms with Crippen molar-refractivity contribution in [1.82, 2.24) is 15.2 Å². The Kier molecular flexibility index (Phi) is 4.24. The number of aryl methyl sites for hydroxylation is 1. The standard InChI is InChI=1S/C17H21N3O2/c1-12-15(17(21)20-9-8-13(11-20)10-18-2)22-16(19-12)14-6-4-3-5-7-14/h3-7,13,18H,8-11H2,1-2H3. The molecule has 0 spiro atoms. The minimum absolute atomic E-state index is 0.0502. The van der Waals surface area contributed by atoms with Crippen LogP contribution in [0.1, 0.15) is 22.7 Å². The monoisotopic (exact) mass is 299 g/mol. The molecule has 1 aromatic carbocycles. The molecule has 0 radical (unpaired) electrons. The Labute approximate surface area is 130 Å². The predicted octanol–water partition coefficient (Wildman–Crippen LogP) is 2.33. The van der Waals surface area contributed by atoms with Crippen LogP contribution in [0.25, 0.3) is 11.5 Å². The summed E-state index contributed by atoms with van der Waals surface area (Å²) in [6, 6.07) is 9.66. The van der Waals surface area contributed by atoms with E-state index >= 15 is 0 Å². The summed E-state index contributed by atoms with van der Waals surface area (Å²) in [6.45, 7) is 4.32. The molecule has 5 heteroatoms. The highest BCUT2D eigenvalue weighted by Crippen LogP contribution is 2.24. The van der Waals surface area contributed by atoms with Gasteiger partial charge in [0, 0.05) is 18.7 Å². The Morgan fingerprint density at radius 2 is 2.18 bits per heavy atom. The van der Waals surface area contributed by atoms with Crippen molar-refractivity contribution in [1.29, 1.82) is 0 Å². The zero-order valence-corrected chi connectivity index (χ0v) is 13.0. The van der Waals surface area contributed by atoms with E-state index in [1.807, 2.05) is 49.2 Å². The van der Waals surface area contributed by atoms with E-state index in [9.17, 15) is 4.79 Å². The molecule has 1 aliphatic rings. The van der Waals surface area contributed by atoms with E-state index in [0.29, 0.717) is 23.3 Å². The summed E-state index contributed by atoms with van der Waals surface area (Å²) in [5, 5.41) is 3.17. The van der Waals surface area contributed by atoms with E-state index < -0.39 is 0 Å². The topological polar surface area (TPSA) is 58.4 Å². The molecule has 1 atom stereocenters. The van der Waals surface area contributed by atoms with Crippen LogP contribution in [0.5, 0.6) is 0 Å². The first-order valence-electron chi connectivity index (χ1n) is 7.65. The van der Waals surface area contributed by atoms with Gasteiger partial charge in [0.2, 0.25) is 11.7 Å². The minimum Gasteiger partial charge on any atom is -0.431 e. The average molecular weight is 299 g/mol. The van der Waals surface area contributed by atoms with E-state index in [1.165, 1.54) is 0 Å². The van der Waals surface area contributed by atoms with Gasteiger partial charge >= 0.3 is 0 Å². The Bertz CT molecular complexity index is 651. The van der Waals surface area contributed by atoms with Crippen LogP contribution >= 0.6 is 0 Å².